The molecular weight excluding hydrogens is 316 g/mol. The van der Waals surface area contributed by atoms with Gasteiger partial charge in [-0.1, -0.05) is 40.2 Å². The molecule has 0 bridgehead atoms. The van der Waals surface area contributed by atoms with Gasteiger partial charge in [0, 0.05) is 4.47 Å². The summed E-state index contributed by atoms with van der Waals surface area (Å²) in [5.41, 5.74) is 2.11. The predicted molar refractivity (Wildman–Crippen MR) is 82.6 cm³/mol. The normalized spacial score (nSPS) is 15.9. The van der Waals surface area contributed by atoms with Gasteiger partial charge in [0.2, 0.25) is 0 Å². The molecule has 1 aliphatic rings. The molecule has 104 valence electrons. The Balaban J connectivity index is 1.60. The molecule has 2 nitrogen and oxygen atoms in total. The highest BCUT2D eigenvalue weighted by atomic mass is 79.9. The fraction of sp³-hybridized carbons (Fsp3) is 0.294. The first-order chi connectivity index (χ1) is 9.72. The first kappa shape index (κ1) is 13.7. The fourth-order valence-electron chi connectivity index (χ4n) is 2.24. The van der Waals surface area contributed by atoms with Gasteiger partial charge >= 0.3 is 0 Å². The summed E-state index contributed by atoms with van der Waals surface area (Å²) in [6, 6.07) is 15.9. The second-order valence-electron chi connectivity index (χ2n) is 5.27. The van der Waals surface area contributed by atoms with E-state index in [1.165, 1.54) is 0 Å². The zero-order valence-electron chi connectivity index (χ0n) is 11.1. The van der Waals surface area contributed by atoms with Crippen LogP contribution < -0.4 is 4.74 Å². The first-order valence-corrected chi connectivity index (χ1v) is 7.67. The van der Waals surface area contributed by atoms with E-state index in [9.17, 15) is 5.11 Å². The Kier molecular flexibility index (Phi) is 4.08. The van der Waals surface area contributed by atoms with Gasteiger partial charge in [0.05, 0.1) is 6.10 Å². The zero-order chi connectivity index (χ0) is 13.9. The van der Waals surface area contributed by atoms with Crippen molar-refractivity contribution in [3.05, 3.63) is 64.1 Å². The molecule has 1 aliphatic carbocycles. The molecule has 0 heterocycles. The van der Waals surface area contributed by atoms with E-state index in [-0.39, 0.29) is 6.10 Å². The van der Waals surface area contributed by atoms with Crippen LogP contribution in [0, 0.1) is 5.92 Å². The van der Waals surface area contributed by atoms with Crippen LogP contribution in [0.1, 0.15) is 30.1 Å². The van der Waals surface area contributed by atoms with Crippen LogP contribution >= 0.6 is 15.9 Å². The number of aliphatic hydroxyl groups is 1. The lowest BCUT2D eigenvalue weighted by molar-refractivity contribution is 0.153. The average molecular weight is 333 g/mol. The van der Waals surface area contributed by atoms with Crippen LogP contribution in [0.15, 0.2) is 53.0 Å². The Hall–Kier alpha value is -1.32. The van der Waals surface area contributed by atoms with Gasteiger partial charge in [-0.05, 0) is 54.2 Å². The summed E-state index contributed by atoms with van der Waals surface area (Å²) in [6.07, 6.45) is 1.97. The van der Waals surface area contributed by atoms with Crippen molar-refractivity contribution in [2.45, 2.75) is 25.6 Å². The Morgan fingerprint density at radius 3 is 2.55 bits per heavy atom. The molecule has 1 saturated carbocycles. The maximum atomic E-state index is 10.0. The van der Waals surface area contributed by atoms with Crippen molar-refractivity contribution in [2.24, 2.45) is 5.92 Å². The molecule has 20 heavy (non-hydrogen) atoms. The second kappa shape index (κ2) is 5.98. The molecular formula is C17H17BrO2. The van der Waals surface area contributed by atoms with Crippen LogP contribution in [-0.2, 0) is 6.61 Å². The van der Waals surface area contributed by atoms with Gasteiger partial charge in [-0.2, -0.15) is 0 Å². The molecule has 0 saturated heterocycles. The summed E-state index contributed by atoms with van der Waals surface area (Å²) < 4.78 is 6.81. The monoisotopic (exact) mass is 332 g/mol. The van der Waals surface area contributed by atoms with Gasteiger partial charge in [-0.3, -0.25) is 0 Å². The quantitative estimate of drug-likeness (QED) is 0.875. The van der Waals surface area contributed by atoms with E-state index in [0.29, 0.717) is 12.5 Å². The minimum absolute atomic E-state index is 0.311. The molecule has 0 amide bonds. The third kappa shape index (κ3) is 3.41. The topological polar surface area (TPSA) is 29.5 Å². The van der Waals surface area contributed by atoms with E-state index < -0.39 is 0 Å². The van der Waals surface area contributed by atoms with Crippen molar-refractivity contribution in [2.75, 3.05) is 0 Å². The van der Waals surface area contributed by atoms with Gasteiger partial charge in [-0.15, -0.1) is 0 Å². The molecule has 3 heteroatoms. The number of hydrogen-bond donors (Lipinski definition) is 1. The average Bonchev–Trinajstić information content (AvgIpc) is 3.30. The lowest BCUT2D eigenvalue weighted by Crippen LogP contribution is -2.00. The molecule has 2 aromatic carbocycles. The van der Waals surface area contributed by atoms with E-state index in [0.717, 1.165) is 34.2 Å². The van der Waals surface area contributed by atoms with E-state index >= 15 is 0 Å². The van der Waals surface area contributed by atoms with Crippen molar-refractivity contribution < 1.29 is 9.84 Å². The number of aliphatic hydroxyl groups excluding tert-OH is 1. The lowest BCUT2D eigenvalue weighted by atomic mass is 10.1. The van der Waals surface area contributed by atoms with Crippen molar-refractivity contribution in [3.8, 4) is 5.75 Å². The highest BCUT2D eigenvalue weighted by Crippen LogP contribution is 2.41. The molecule has 1 N–H and O–H groups in total. The van der Waals surface area contributed by atoms with Crippen molar-refractivity contribution >= 4 is 15.9 Å². The maximum Gasteiger partial charge on any atom is 0.119 e. The first-order valence-electron chi connectivity index (χ1n) is 6.87. The van der Waals surface area contributed by atoms with Gasteiger partial charge in [0.25, 0.3) is 0 Å². The number of ether oxygens (including phenoxy) is 1. The maximum absolute atomic E-state index is 10.0. The van der Waals surface area contributed by atoms with Gasteiger partial charge in [-0.25, -0.2) is 0 Å². The smallest absolute Gasteiger partial charge is 0.119 e. The van der Waals surface area contributed by atoms with Crippen LogP contribution in [0.4, 0.5) is 0 Å². The molecule has 3 rings (SSSR count). The van der Waals surface area contributed by atoms with Crippen LogP contribution in [-0.4, -0.2) is 5.11 Å². The highest BCUT2D eigenvalue weighted by molar-refractivity contribution is 9.10. The zero-order valence-corrected chi connectivity index (χ0v) is 12.7. The Labute approximate surface area is 127 Å². The molecule has 1 unspecified atom stereocenters. The second-order valence-corrected chi connectivity index (χ2v) is 6.19. The molecule has 0 aromatic heterocycles. The lowest BCUT2D eigenvalue weighted by Gasteiger charge is -2.11. The Bertz CT molecular complexity index is 576. The standard InChI is InChI=1S/C17H17BrO2/c18-15-3-1-2-12(10-15)11-20-16-8-6-14(7-9-16)17(19)13-4-5-13/h1-3,6-10,13,17,19H,4-5,11H2. The number of hydrogen-bond acceptors (Lipinski definition) is 2. The van der Waals surface area contributed by atoms with Gasteiger partial charge < -0.3 is 9.84 Å². The Morgan fingerprint density at radius 1 is 1.15 bits per heavy atom. The third-order valence-electron chi connectivity index (χ3n) is 3.58. The summed E-state index contributed by atoms with van der Waals surface area (Å²) in [4.78, 5) is 0. The summed E-state index contributed by atoms with van der Waals surface area (Å²) in [5, 5.41) is 10.0. The Morgan fingerprint density at radius 2 is 1.90 bits per heavy atom. The van der Waals surface area contributed by atoms with Crippen LogP contribution in [0.3, 0.4) is 0 Å². The SMILES string of the molecule is OC(c1ccc(OCc2cccc(Br)c2)cc1)C1CC1. The minimum atomic E-state index is -0.311. The molecule has 2 aromatic rings. The number of benzene rings is 2. The number of halogens is 1. The molecule has 1 fully saturated rings. The number of rotatable bonds is 5. The minimum Gasteiger partial charge on any atom is -0.489 e. The van der Waals surface area contributed by atoms with E-state index in [1.54, 1.807) is 0 Å². The molecule has 0 spiro atoms. The van der Waals surface area contributed by atoms with E-state index in [4.69, 9.17) is 4.74 Å². The van der Waals surface area contributed by atoms with Gasteiger partial charge in [0.15, 0.2) is 0 Å². The highest BCUT2D eigenvalue weighted by Gasteiger charge is 2.30. The molecule has 0 aliphatic heterocycles. The van der Waals surface area contributed by atoms with Crippen LogP contribution in [0.2, 0.25) is 0 Å². The third-order valence-corrected chi connectivity index (χ3v) is 4.08. The van der Waals surface area contributed by atoms with Crippen molar-refractivity contribution in [1.82, 2.24) is 0 Å². The molecule has 1 atom stereocenters. The van der Waals surface area contributed by atoms with Crippen LogP contribution in [0.5, 0.6) is 5.75 Å². The predicted octanol–water partition coefficient (Wildman–Crippen LogP) is 4.47. The summed E-state index contributed by atoms with van der Waals surface area (Å²) in [5.74, 6) is 1.29. The fourth-order valence-corrected chi connectivity index (χ4v) is 2.69. The largest absolute Gasteiger partial charge is 0.489 e. The van der Waals surface area contributed by atoms with E-state index in [2.05, 4.69) is 15.9 Å². The molecule has 0 radical (unpaired) electrons. The van der Waals surface area contributed by atoms with Crippen molar-refractivity contribution in [3.63, 3.8) is 0 Å². The summed E-state index contributed by atoms with van der Waals surface area (Å²) in [7, 11) is 0. The van der Waals surface area contributed by atoms with E-state index in [1.807, 2.05) is 48.5 Å². The van der Waals surface area contributed by atoms with Crippen molar-refractivity contribution in [1.29, 1.82) is 0 Å². The summed E-state index contributed by atoms with van der Waals surface area (Å²) in [6.45, 7) is 0.546. The summed E-state index contributed by atoms with van der Waals surface area (Å²) >= 11 is 3.45. The van der Waals surface area contributed by atoms with Crippen LogP contribution in [0.25, 0.3) is 0 Å². The van der Waals surface area contributed by atoms with Gasteiger partial charge in [0.1, 0.15) is 12.4 Å².